The molecule has 1 aliphatic heterocycles. The summed E-state index contributed by atoms with van der Waals surface area (Å²) in [5, 5.41) is 5.23. The Labute approximate surface area is 202 Å². The number of aromatic nitrogens is 2. The number of amides is 2. The Bertz CT molecular complexity index is 984. The molecule has 0 spiro atoms. The molecule has 5 atom stereocenters. The maximum absolute atomic E-state index is 12.4. The molecule has 1 fully saturated rings. The summed E-state index contributed by atoms with van der Waals surface area (Å²) in [4.78, 5) is 47.7. The maximum Gasteiger partial charge on any atom is 0.330 e. The molecule has 0 bridgehead atoms. The largest absolute Gasteiger partial charge is 0.382 e. The Morgan fingerprint density at radius 1 is 1.35 bits per heavy atom. The van der Waals surface area contributed by atoms with E-state index in [-0.39, 0.29) is 12.6 Å². The number of allylic oxidation sites excluding steroid dienone is 2. The van der Waals surface area contributed by atoms with Gasteiger partial charge in [-0.3, -0.25) is 14.3 Å². The quantitative estimate of drug-likeness (QED) is 0.169. The van der Waals surface area contributed by atoms with Crippen molar-refractivity contribution in [2.24, 2.45) is 5.92 Å². The number of hydrogen-bond donors (Lipinski definition) is 4. The zero-order valence-corrected chi connectivity index (χ0v) is 21.2. The van der Waals surface area contributed by atoms with Crippen LogP contribution in [0.4, 0.5) is 4.79 Å². The molecule has 1 aromatic rings. The first-order valence-electron chi connectivity index (χ1n) is 10.9. The molecule has 0 saturated carbocycles. The molecule has 0 aliphatic carbocycles. The third-order valence-electron chi connectivity index (χ3n) is 5.30. The number of hydrogen-bond acceptors (Lipinski definition) is 8. The summed E-state index contributed by atoms with van der Waals surface area (Å²) in [6, 6.07) is 1.02. The van der Waals surface area contributed by atoms with Crippen molar-refractivity contribution in [2.45, 2.75) is 44.1 Å². The summed E-state index contributed by atoms with van der Waals surface area (Å²) in [5.41, 5.74) is -1.14. The number of carbonyl (C=O) groups excluding carboxylic acids is 1. The van der Waals surface area contributed by atoms with Crippen LogP contribution in [0.3, 0.4) is 0 Å². The SMILES string of the molecule is CNC(=O)NCCCC/C=C/C[C@H]1C(OP(O)(=S)OC)[C@@H](COC)O[C@H]1n1ccc(=O)[nH]c1=O. The highest BCUT2D eigenvalue weighted by molar-refractivity contribution is 8.07. The van der Waals surface area contributed by atoms with Crippen LogP contribution < -0.4 is 21.9 Å². The molecule has 12 nitrogen and oxygen atoms in total. The molecule has 2 heterocycles. The lowest BCUT2D eigenvalue weighted by molar-refractivity contribution is -0.0547. The van der Waals surface area contributed by atoms with E-state index in [0.717, 1.165) is 19.3 Å². The van der Waals surface area contributed by atoms with Gasteiger partial charge in [0.15, 0.2) is 0 Å². The van der Waals surface area contributed by atoms with Crippen LogP contribution in [0.25, 0.3) is 0 Å². The third-order valence-corrected chi connectivity index (χ3v) is 6.97. The molecule has 1 saturated heterocycles. The van der Waals surface area contributed by atoms with E-state index in [4.69, 9.17) is 30.3 Å². The number of nitrogens with one attached hydrogen (secondary N) is 3. The second-order valence-corrected chi connectivity index (χ2v) is 10.5. The van der Waals surface area contributed by atoms with Crippen molar-refractivity contribution in [3.63, 3.8) is 0 Å². The Morgan fingerprint density at radius 3 is 2.76 bits per heavy atom. The van der Waals surface area contributed by atoms with Gasteiger partial charge in [-0.05, 0) is 37.5 Å². The van der Waals surface area contributed by atoms with E-state index in [1.165, 1.54) is 31.0 Å². The van der Waals surface area contributed by atoms with Crippen molar-refractivity contribution in [1.82, 2.24) is 20.2 Å². The highest BCUT2D eigenvalue weighted by atomic mass is 32.5. The predicted molar refractivity (Wildman–Crippen MR) is 129 cm³/mol. The average Bonchev–Trinajstić information content (AvgIpc) is 3.11. The lowest BCUT2D eigenvalue weighted by Crippen LogP contribution is -2.35. The van der Waals surface area contributed by atoms with Crippen LogP contribution in [0.5, 0.6) is 0 Å². The number of H-pyrrole nitrogens is 1. The average molecular weight is 521 g/mol. The van der Waals surface area contributed by atoms with E-state index in [9.17, 15) is 19.3 Å². The Balaban J connectivity index is 2.15. The zero-order valence-electron chi connectivity index (χ0n) is 19.5. The van der Waals surface area contributed by atoms with Gasteiger partial charge in [0.05, 0.1) is 6.61 Å². The minimum absolute atomic E-state index is 0.136. The van der Waals surface area contributed by atoms with Crippen molar-refractivity contribution in [3.8, 4) is 0 Å². The molecular weight excluding hydrogens is 487 g/mol. The number of unbranched alkanes of at least 4 members (excludes halogenated alkanes) is 2. The van der Waals surface area contributed by atoms with E-state index in [1.54, 1.807) is 7.05 Å². The molecule has 2 rings (SSSR count). The maximum atomic E-state index is 12.4. The highest BCUT2D eigenvalue weighted by Gasteiger charge is 2.48. The predicted octanol–water partition coefficient (Wildman–Crippen LogP) is 0.991. The highest BCUT2D eigenvalue weighted by Crippen LogP contribution is 2.50. The molecule has 2 amide bonds. The Morgan fingerprint density at radius 2 is 2.12 bits per heavy atom. The van der Waals surface area contributed by atoms with E-state index in [2.05, 4.69) is 15.6 Å². The Hall–Kier alpha value is -1.86. The van der Waals surface area contributed by atoms with Crippen LogP contribution >= 0.6 is 6.72 Å². The van der Waals surface area contributed by atoms with Crippen LogP contribution in [-0.4, -0.2) is 67.1 Å². The van der Waals surface area contributed by atoms with E-state index < -0.39 is 42.3 Å². The minimum Gasteiger partial charge on any atom is -0.382 e. The van der Waals surface area contributed by atoms with Crippen molar-refractivity contribution < 1.29 is 28.2 Å². The first-order chi connectivity index (χ1) is 16.2. The molecule has 34 heavy (non-hydrogen) atoms. The second-order valence-electron chi connectivity index (χ2n) is 7.63. The number of methoxy groups -OCH3 is 1. The summed E-state index contributed by atoms with van der Waals surface area (Å²) >= 11 is 5.05. The summed E-state index contributed by atoms with van der Waals surface area (Å²) in [5.74, 6) is -0.431. The minimum atomic E-state index is -3.54. The summed E-state index contributed by atoms with van der Waals surface area (Å²) in [7, 11) is 4.33. The monoisotopic (exact) mass is 520 g/mol. The molecule has 0 radical (unpaired) electrons. The van der Waals surface area contributed by atoms with Gasteiger partial charge in [-0.25, -0.2) is 9.59 Å². The standard InChI is InChI=1S/C20H33N4O8PS/c1-21-19(26)22-11-8-6-4-5-7-9-14-17(32-33(28,34)30-3)15(13-29-2)31-18(14)24-12-10-16(25)23-20(24)27/h5,7,10,12,14-15,17-18H,4,6,8-9,11,13H2,1-3H3,(H,28,34)(H2,21,22,26)(H,23,25,27)/b7-5+/t14-,15+,17?,18+,33?/m0/s1. The fourth-order valence-corrected chi connectivity index (χ4v) is 4.62. The fraction of sp³-hybridized carbons (Fsp3) is 0.650. The van der Waals surface area contributed by atoms with Crippen LogP contribution in [0.2, 0.25) is 0 Å². The molecule has 4 N–H and O–H groups in total. The van der Waals surface area contributed by atoms with Gasteiger partial charge < -0.3 is 34.0 Å². The van der Waals surface area contributed by atoms with Crippen LogP contribution in [-0.2, 0) is 30.3 Å². The molecule has 0 aromatic carbocycles. The second kappa shape index (κ2) is 13.9. The van der Waals surface area contributed by atoms with Gasteiger partial charge in [-0.2, -0.15) is 0 Å². The third kappa shape index (κ3) is 8.42. The molecule has 14 heteroatoms. The van der Waals surface area contributed by atoms with Gasteiger partial charge in [0, 0.05) is 46.0 Å². The summed E-state index contributed by atoms with van der Waals surface area (Å²) in [6.07, 6.45) is 6.09. The van der Waals surface area contributed by atoms with Crippen molar-refractivity contribution in [1.29, 1.82) is 0 Å². The van der Waals surface area contributed by atoms with E-state index in [1.807, 2.05) is 12.2 Å². The number of urea groups is 1. The first kappa shape index (κ1) is 28.4. The van der Waals surface area contributed by atoms with Crippen LogP contribution in [0.1, 0.15) is 31.9 Å². The lowest BCUT2D eigenvalue weighted by atomic mass is 9.95. The van der Waals surface area contributed by atoms with Crippen molar-refractivity contribution in [3.05, 3.63) is 45.3 Å². The van der Waals surface area contributed by atoms with Crippen LogP contribution in [0, 0.1) is 5.92 Å². The number of rotatable bonds is 13. The van der Waals surface area contributed by atoms with E-state index in [0.29, 0.717) is 13.0 Å². The molecule has 2 unspecified atom stereocenters. The van der Waals surface area contributed by atoms with Gasteiger partial charge in [0.25, 0.3) is 5.56 Å². The molecule has 1 aliphatic rings. The smallest absolute Gasteiger partial charge is 0.330 e. The Kier molecular flexibility index (Phi) is 11.6. The fourth-order valence-electron chi connectivity index (χ4n) is 3.64. The zero-order chi connectivity index (χ0) is 25.1. The topological polar surface area (TPSA) is 153 Å². The molecular formula is C20H33N4O8PS. The van der Waals surface area contributed by atoms with Crippen molar-refractivity contribution >= 4 is 24.6 Å². The number of nitrogens with zero attached hydrogens (tertiary/aromatic N) is 1. The number of ether oxygens (including phenoxy) is 2. The molecule has 192 valence electrons. The van der Waals surface area contributed by atoms with Gasteiger partial charge in [-0.1, -0.05) is 12.2 Å². The summed E-state index contributed by atoms with van der Waals surface area (Å²) < 4.78 is 23.3. The van der Waals surface area contributed by atoms with Gasteiger partial charge >= 0.3 is 18.4 Å². The lowest BCUT2D eigenvalue weighted by Gasteiger charge is -2.26. The number of carbonyl (C=O) groups is 1. The first-order valence-corrected chi connectivity index (χ1v) is 13.4. The van der Waals surface area contributed by atoms with Crippen LogP contribution in [0.15, 0.2) is 34.0 Å². The van der Waals surface area contributed by atoms with Gasteiger partial charge in [-0.15, -0.1) is 0 Å². The van der Waals surface area contributed by atoms with Gasteiger partial charge in [0.1, 0.15) is 18.4 Å². The van der Waals surface area contributed by atoms with E-state index >= 15 is 0 Å². The van der Waals surface area contributed by atoms with Crippen molar-refractivity contribution in [2.75, 3.05) is 34.4 Å². The normalized spacial score (nSPS) is 24.2. The van der Waals surface area contributed by atoms with Gasteiger partial charge in [0.2, 0.25) is 0 Å². The number of aromatic amines is 1. The summed E-state index contributed by atoms with van der Waals surface area (Å²) in [6.45, 7) is -2.83. The molecule has 1 aromatic heterocycles.